The topological polar surface area (TPSA) is 52.6 Å². The van der Waals surface area contributed by atoms with Gasteiger partial charge in [0.25, 0.3) is 0 Å². The SMILES string of the molecule is CC[N+](C)(S)C(=S)C(CC(=O)OC(C)C)C(=O)OC(C)C. The van der Waals surface area contributed by atoms with Gasteiger partial charge in [0.1, 0.15) is 0 Å². The van der Waals surface area contributed by atoms with E-state index in [1.807, 2.05) is 6.92 Å². The Labute approximate surface area is 138 Å². The van der Waals surface area contributed by atoms with Crippen LogP contribution in [0, 0.1) is 5.92 Å². The van der Waals surface area contributed by atoms with Crippen LogP contribution in [0.2, 0.25) is 0 Å². The van der Waals surface area contributed by atoms with Gasteiger partial charge in [-0.05, 0) is 46.8 Å². The van der Waals surface area contributed by atoms with Crippen LogP contribution in [0.5, 0.6) is 0 Å². The monoisotopic (exact) mass is 336 g/mol. The summed E-state index contributed by atoms with van der Waals surface area (Å²) in [6.07, 6.45) is -0.642. The Balaban J connectivity index is 5.15. The van der Waals surface area contributed by atoms with Gasteiger partial charge in [-0.15, -0.1) is 0 Å². The van der Waals surface area contributed by atoms with Gasteiger partial charge in [-0.3, -0.25) is 9.59 Å². The molecule has 0 N–H and O–H groups in total. The fraction of sp³-hybridized carbons (Fsp3) is 0.786. The summed E-state index contributed by atoms with van der Waals surface area (Å²) in [7, 11) is 1.77. The van der Waals surface area contributed by atoms with E-state index in [9.17, 15) is 9.59 Å². The normalized spacial score (nSPS) is 15.5. The van der Waals surface area contributed by atoms with Crippen LogP contribution in [0.25, 0.3) is 0 Å². The number of hydrogen-bond donors (Lipinski definition) is 1. The minimum atomic E-state index is -0.837. The van der Waals surface area contributed by atoms with Crippen molar-refractivity contribution in [3.8, 4) is 0 Å². The van der Waals surface area contributed by atoms with E-state index in [0.29, 0.717) is 11.5 Å². The molecule has 0 aliphatic rings. The lowest BCUT2D eigenvalue weighted by molar-refractivity contribution is -0.666. The van der Waals surface area contributed by atoms with Crippen LogP contribution in [0.15, 0.2) is 0 Å². The standard InChI is InChI=1S/C14H26NO4S2/c1-7-15(6,21)13(20)11(14(17)19-10(4)5)8-12(16)18-9(2)3/h9-11,21H,7-8H2,1-6H3/q+1. The molecule has 0 saturated carbocycles. The van der Waals surface area contributed by atoms with Crippen LogP contribution >= 0.6 is 25.0 Å². The lowest BCUT2D eigenvalue weighted by Gasteiger charge is -2.29. The highest BCUT2D eigenvalue weighted by Gasteiger charge is 2.39. The molecule has 0 saturated heterocycles. The summed E-state index contributed by atoms with van der Waals surface area (Å²) in [6.45, 7) is 9.49. The second-order valence-corrected chi connectivity index (χ2v) is 6.88. The molecule has 0 fully saturated rings. The van der Waals surface area contributed by atoms with E-state index < -0.39 is 17.9 Å². The Kier molecular flexibility index (Phi) is 8.43. The van der Waals surface area contributed by atoms with Crippen molar-refractivity contribution in [2.45, 2.75) is 53.2 Å². The fourth-order valence-electron chi connectivity index (χ4n) is 1.56. The van der Waals surface area contributed by atoms with Crippen molar-refractivity contribution in [2.75, 3.05) is 13.6 Å². The van der Waals surface area contributed by atoms with E-state index in [1.165, 1.54) is 0 Å². The molecule has 0 spiro atoms. The molecule has 2 unspecified atom stereocenters. The van der Waals surface area contributed by atoms with Crippen molar-refractivity contribution in [3.63, 3.8) is 0 Å². The zero-order valence-corrected chi connectivity index (χ0v) is 15.3. The highest BCUT2D eigenvalue weighted by molar-refractivity contribution is 7.82. The Morgan fingerprint density at radius 2 is 1.62 bits per heavy atom. The molecule has 0 radical (unpaired) electrons. The molecular weight excluding hydrogens is 310 g/mol. The third-order valence-corrected chi connectivity index (χ3v) is 4.08. The molecule has 122 valence electrons. The van der Waals surface area contributed by atoms with Crippen molar-refractivity contribution >= 4 is 42.0 Å². The van der Waals surface area contributed by atoms with Gasteiger partial charge < -0.3 is 9.47 Å². The summed E-state index contributed by atoms with van der Waals surface area (Å²) < 4.78 is 10.4. The molecular formula is C14H26NO4S2+. The molecule has 0 aromatic rings. The lowest BCUT2D eigenvalue weighted by atomic mass is 10.0. The van der Waals surface area contributed by atoms with Crippen molar-refractivity contribution in [3.05, 3.63) is 0 Å². The molecule has 0 rings (SSSR count). The van der Waals surface area contributed by atoms with Crippen molar-refractivity contribution in [1.82, 2.24) is 0 Å². The Hall–Kier alpha value is -0.660. The highest BCUT2D eigenvalue weighted by atomic mass is 32.1. The quantitative estimate of drug-likeness (QED) is 0.335. The van der Waals surface area contributed by atoms with Crippen molar-refractivity contribution < 1.29 is 23.0 Å². The van der Waals surface area contributed by atoms with Crippen LogP contribution in [-0.2, 0) is 19.1 Å². The van der Waals surface area contributed by atoms with Gasteiger partial charge in [-0.25, -0.2) is 3.89 Å². The zero-order chi connectivity index (χ0) is 16.8. The van der Waals surface area contributed by atoms with E-state index in [4.69, 9.17) is 21.7 Å². The van der Waals surface area contributed by atoms with Crippen LogP contribution in [0.4, 0.5) is 0 Å². The summed E-state index contributed by atoms with van der Waals surface area (Å²) in [5.41, 5.74) is 0. The molecule has 0 aliphatic carbocycles. The summed E-state index contributed by atoms with van der Waals surface area (Å²) >= 11 is 9.79. The first-order valence-corrected chi connectivity index (χ1v) is 7.84. The number of carbonyl (C=O) groups excluding carboxylic acids is 2. The molecule has 0 aromatic heterocycles. The first-order valence-electron chi connectivity index (χ1n) is 7.03. The smallest absolute Gasteiger partial charge is 0.320 e. The number of nitrogens with zero attached hydrogens (tertiary/aromatic N) is 1. The highest BCUT2D eigenvalue weighted by Crippen LogP contribution is 2.21. The van der Waals surface area contributed by atoms with Gasteiger partial charge in [0.2, 0.25) is 0 Å². The number of thiocarbonyl (C=S) groups is 1. The average Bonchev–Trinajstić information content (AvgIpc) is 2.33. The lowest BCUT2D eigenvalue weighted by Crippen LogP contribution is -2.46. The van der Waals surface area contributed by atoms with Crippen LogP contribution < -0.4 is 0 Å². The summed E-state index contributed by atoms with van der Waals surface area (Å²) in [5, 5.41) is 0. The molecule has 0 aliphatic heterocycles. The number of esters is 2. The minimum absolute atomic E-state index is 0.0716. The summed E-state index contributed by atoms with van der Waals surface area (Å²) in [6, 6.07) is 0. The maximum absolute atomic E-state index is 12.2. The Morgan fingerprint density at radius 3 is 2.00 bits per heavy atom. The van der Waals surface area contributed by atoms with Gasteiger partial charge >= 0.3 is 11.9 Å². The van der Waals surface area contributed by atoms with Gasteiger partial charge in [0.05, 0.1) is 45.0 Å². The number of hydrogen-bond acceptors (Lipinski definition) is 6. The van der Waals surface area contributed by atoms with Gasteiger partial charge in [-0.2, -0.15) is 0 Å². The van der Waals surface area contributed by atoms with E-state index in [1.54, 1.807) is 34.7 Å². The van der Waals surface area contributed by atoms with Crippen LogP contribution in [-0.4, -0.2) is 46.6 Å². The predicted octanol–water partition coefficient (Wildman–Crippen LogP) is 2.53. The molecule has 7 heteroatoms. The van der Waals surface area contributed by atoms with E-state index >= 15 is 0 Å². The number of rotatable bonds is 7. The Bertz CT molecular complexity index is 394. The molecule has 5 nitrogen and oxygen atoms in total. The third kappa shape index (κ3) is 7.24. The molecule has 2 atom stereocenters. The van der Waals surface area contributed by atoms with Gasteiger partial charge in [-0.1, -0.05) is 0 Å². The fourth-order valence-corrected chi connectivity index (χ4v) is 2.00. The van der Waals surface area contributed by atoms with E-state index in [2.05, 4.69) is 12.8 Å². The van der Waals surface area contributed by atoms with Gasteiger partial charge in [0.15, 0.2) is 10.9 Å². The maximum atomic E-state index is 12.2. The number of thiol groups is 1. The number of carbonyl (C=O) groups is 2. The van der Waals surface area contributed by atoms with Crippen LogP contribution in [0.3, 0.4) is 0 Å². The first-order chi connectivity index (χ1) is 9.51. The van der Waals surface area contributed by atoms with E-state index in [-0.39, 0.29) is 22.5 Å². The first kappa shape index (κ1) is 20.3. The summed E-state index contributed by atoms with van der Waals surface area (Å²) in [4.78, 5) is 24.4. The second kappa shape index (κ2) is 8.70. The maximum Gasteiger partial charge on any atom is 0.320 e. The van der Waals surface area contributed by atoms with Gasteiger partial charge in [0, 0.05) is 0 Å². The third-order valence-electron chi connectivity index (χ3n) is 2.76. The average molecular weight is 336 g/mol. The van der Waals surface area contributed by atoms with Crippen LogP contribution in [0.1, 0.15) is 41.0 Å². The molecule has 0 heterocycles. The Morgan fingerprint density at radius 1 is 1.14 bits per heavy atom. The molecule has 0 amide bonds. The number of ether oxygens (including phenoxy) is 2. The zero-order valence-electron chi connectivity index (χ0n) is 13.6. The molecule has 0 bridgehead atoms. The second-order valence-electron chi connectivity index (χ2n) is 5.57. The molecule has 21 heavy (non-hydrogen) atoms. The molecule has 0 aromatic carbocycles. The predicted molar refractivity (Wildman–Crippen MR) is 88.9 cm³/mol. The number of quaternary nitrogens is 1. The van der Waals surface area contributed by atoms with E-state index in [0.717, 1.165) is 0 Å². The largest absolute Gasteiger partial charge is 0.463 e. The summed E-state index contributed by atoms with van der Waals surface area (Å²) in [5.74, 6) is -1.82. The van der Waals surface area contributed by atoms with Crippen molar-refractivity contribution in [1.29, 1.82) is 0 Å². The van der Waals surface area contributed by atoms with Crippen molar-refractivity contribution in [2.24, 2.45) is 5.92 Å². The minimum Gasteiger partial charge on any atom is -0.463 e.